The van der Waals surface area contributed by atoms with Crippen LogP contribution in [0, 0.1) is 6.92 Å². The minimum atomic E-state index is -3.71. The van der Waals surface area contributed by atoms with Gasteiger partial charge in [-0.05, 0) is 38.5 Å². The minimum absolute atomic E-state index is 0.0995. The molecule has 1 aliphatic rings. The Bertz CT molecular complexity index is 628. The van der Waals surface area contributed by atoms with Crippen molar-refractivity contribution < 1.29 is 18.3 Å². The zero-order valence-electron chi connectivity index (χ0n) is 12.5. The van der Waals surface area contributed by atoms with Gasteiger partial charge in [0.15, 0.2) is 0 Å². The number of hydrogen-bond acceptors (Lipinski definition) is 5. The number of aliphatic hydroxyl groups excluding tert-OH is 1. The Balaban J connectivity index is 2.38. The number of anilines is 1. The van der Waals surface area contributed by atoms with Crippen LogP contribution >= 0.6 is 0 Å². The summed E-state index contributed by atoms with van der Waals surface area (Å²) in [7, 11) is -3.71. The Kier molecular flexibility index (Phi) is 4.30. The quantitative estimate of drug-likeness (QED) is 0.803. The van der Waals surface area contributed by atoms with Crippen molar-refractivity contribution in [2.24, 2.45) is 0 Å². The van der Waals surface area contributed by atoms with Crippen LogP contribution in [-0.4, -0.2) is 49.2 Å². The summed E-state index contributed by atoms with van der Waals surface area (Å²) in [6, 6.07) is 4.89. The average Bonchev–Trinajstić information content (AvgIpc) is 2.36. The molecule has 0 aromatic heterocycles. The molecule has 1 unspecified atom stereocenters. The number of sulfonamides is 1. The van der Waals surface area contributed by atoms with Crippen LogP contribution in [0.25, 0.3) is 0 Å². The standard InChI is InChI=1S/C14H22N2O4S/c1-10-4-5-13(12(15)6-10)21(18,19)16-7-11(8-17)20-14(2,3)9-16/h4-6,11,17H,7-9,15H2,1-3H3. The van der Waals surface area contributed by atoms with Crippen molar-refractivity contribution in [3.05, 3.63) is 23.8 Å². The maximum atomic E-state index is 12.8. The molecule has 6 nitrogen and oxygen atoms in total. The molecule has 21 heavy (non-hydrogen) atoms. The molecule has 1 fully saturated rings. The van der Waals surface area contributed by atoms with E-state index in [1.54, 1.807) is 26.0 Å². The SMILES string of the molecule is Cc1ccc(S(=O)(=O)N2CC(CO)OC(C)(C)C2)c(N)c1. The number of nitrogens with zero attached hydrogens (tertiary/aromatic N) is 1. The summed E-state index contributed by atoms with van der Waals surface area (Å²) < 4.78 is 32.5. The fraction of sp³-hybridized carbons (Fsp3) is 0.571. The van der Waals surface area contributed by atoms with Crippen LogP contribution in [0.1, 0.15) is 19.4 Å². The Morgan fingerprint density at radius 1 is 1.48 bits per heavy atom. The third kappa shape index (κ3) is 3.37. The predicted molar refractivity (Wildman–Crippen MR) is 80.4 cm³/mol. The molecule has 0 amide bonds. The van der Waals surface area contributed by atoms with E-state index in [0.29, 0.717) is 0 Å². The number of aryl methyl sites for hydroxylation is 1. The first kappa shape index (κ1) is 16.2. The second-order valence-electron chi connectivity index (χ2n) is 6.02. The van der Waals surface area contributed by atoms with Gasteiger partial charge in [-0.25, -0.2) is 8.42 Å². The highest BCUT2D eigenvalue weighted by molar-refractivity contribution is 7.89. The highest BCUT2D eigenvalue weighted by Gasteiger charge is 2.39. The van der Waals surface area contributed by atoms with Crippen molar-refractivity contribution in [1.82, 2.24) is 4.31 Å². The molecule has 118 valence electrons. The largest absolute Gasteiger partial charge is 0.398 e. The average molecular weight is 314 g/mol. The fourth-order valence-corrected chi connectivity index (χ4v) is 4.28. The van der Waals surface area contributed by atoms with Gasteiger partial charge in [-0.3, -0.25) is 0 Å². The number of nitrogens with two attached hydrogens (primary N) is 1. The second kappa shape index (κ2) is 5.57. The topological polar surface area (TPSA) is 92.9 Å². The summed E-state index contributed by atoms with van der Waals surface area (Å²) in [5, 5.41) is 9.30. The monoisotopic (exact) mass is 314 g/mol. The number of hydrogen-bond donors (Lipinski definition) is 2. The van der Waals surface area contributed by atoms with Crippen molar-refractivity contribution in [2.75, 3.05) is 25.4 Å². The van der Waals surface area contributed by atoms with Gasteiger partial charge in [0.05, 0.1) is 24.0 Å². The highest BCUT2D eigenvalue weighted by Crippen LogP contribution is 2.29. The van der Waals surface area contributed by atoms with Gasteiger partial charge in [-0.1, -0.05) is 6.07 Å². The van der Waals surface area contributed by atoms with Gasteiger partial charge in [-0.2, -0.15) is 4.31 Å². The van der Waals surface area contributed by atoms with Gasteiger partial charge in [-0.15, -0.1) is 0 Å². The van der Waals surface area contributed by atoms with Crippen LogP contribution in [0.3, 0.4) is 0 Å². The van der Waals surface area contributed by atoms with Crippen molar-refractivity contribution >= 4 is 15.7 Å². The van der Waals surface area contributed by atoms with Gasteiger partial charge < -0.3 is 15.6 Å². The minimum Gasteiger partial charge on any atom is -0.398 e. The molecular weight excluding hydrogens is 292 g/mol. The van der Waals surface area contributed by atoms with Crippen LogP contribution < -0.4 is 5.73 Å². The molecule has 0 spiro atoms. The molecule has 1 aromatic rings. The number of aliphatic hydroxyl groups is 1. The lowest BCUT2D eigenvalue weighted by Gasteiger charge is -2.41. The van der Waals surface area contributed by atoms with Crippen molar-refractivity contribution in [3.63, 3.8) is 0 Å². The molecule has 2 rings (SSSR count). The molecule has 1 aliphatic heterocycles. The first-order valence-corrected chi connectivity index (χ1v) is 8.25. The molecule has 7 heteroatoms. The Morgan fingerprint density at radius 2 is 2.14 bits per heavy atom. The number of nitrogen functional groups attached to an aromatic ring is 1. The third-order valence-corrected chi connectivity index (χ3v) is 5.32. The van der Waals surface area contributed by atoms with E-state index in [0.717, 1.165) is 5.56 Å². The zero-order chi connectivity index (χ0) is 15.8. The summed E-state index contributed by atoms with van der Waals surface area (Å²) in [5.74, 6) is 0. The number of morpholine rings is 1. The molecule has 3 N–H and O–H groups in total. The van der Waals surface area contributed by atoms with Gasteiger partial charge in [0.2, 0.25) is 10.0 Å². The number of ether oxygens (including phenoxy) is 1. The van der Waals surface area contributed by atoms with Crippen molar-refractivity contribution in [3.8, 4) is 0 Å². The van der Waals surface area contributed by atoms with E-state index in [2.05, 4.69) is 0 Å². The number of benzene rings is 1. The molecule has 1 aromatic carbocycles. The van der Waals surface area contributed by atoms with Crippen molar-refractivity contribution in [1.29, 1.82) is 0 Å². The normalized spacial score (nSPS) is 23.1. The maximum absolute atomic E-state index is 12.8. The lowest BCUT2D eigenvalue weighted by atomic mass is 10.1. The lowest BCUT2D eigenvalue weighted by molar-refractivity contribution is -0.131. The predicted octanol–water partition coefficient (Wildman–Crippen LogP) is 0.738. The van der Waals surface area contributed by atoms with Crippen LogP contribution in [0.5, 0.6) is 0 Å². The Labute approximate surface area is 125 Å². The highest BCUT2D eigenvalue weighted by atomic mass is 32.2. The van der Waals surface area contributed by atoms with Crippen LogP contribution in [0.2, 0.25) is 0 Å². The van der Waals surface area contributed by atoms with E-state index in [1.165, 1.54) is 10.4 Å². The molecule has 0 aliphatic carbocycles. The molecular formula is C14H22N2O4S. The molecule has 0 radical (unpaired) electrons. The zero-order valence-corrected chi connectivity index (χ0v) is 13.4. The third-order valence-electron chi connectivity index (χ3n) is 3.44. The van der Waals surface area contributed by atoms with E-state index in [1.807, 2.05) is 6.92 Å². The van der Waals surface area contributed by atoms with Crippen LogP contribution in [0.4, 0.5) is 5.69 Å². The maximum Gasteiger partial charge on any atom is 0.245 e. The summed E-state index contributed by atoms with van der Waals surface area (Å²) in [4.78, 5) is 0.0995. The van der Waals surface area contributed by atoms with E-state index >= 15 is 0 Å². The van der Waals surface area contributed by atoms with E-state index in [-0.39, 0.29) is 30.3 Å². The lowest BCUT2D eigenvalue weighted by Crippen LogP contribution is -2.55. The summed E-state index contributed by atoms with van der Waals surface area (Å²) in [5.41, 5.74) is 6.35. The molecule has 1 atom stereocenters. The molecule has 1 saturated heterocycles. The van der Waals surface area contributed by atoms with Crippen molar-refractivity contribution in [2.45, 2.75) is 37.4 Å². The fourth-order valence-electron chi connectivity index (χ4n) is 2.56. The smallest absolute Gasteiger partial charge is 0.245 e. The molecule has 0 bridgehead atoms. The van der Waals surface area contributed by atoms with E-state index in [4.69, 9.17) is 10.5 Å². The van der Waals surface area contributed by atoms with Gasteiger partial charge in [0.1, 0.15) is 4.90 Å². The second-order valence-corrected chi connectivity index (χ2v) is 7.93. The Morgan fingerprint density at radius 3 is 2.71 bits per heavy atom. The van der Waals surface area contributed by atoms with Gasteiger partial charge in [0, 0.05) is 13.1 Å². The summed E-state index contributed by atoms with van der Waals surface area (Å²) in [6.45, 7) is 5.58. The molecule has 0 saturated carbocycles. The van der Waals surface area contributed by atoms with Crippen LogP contribution in [0.15, 0.2) is 23.1 Å². The first-order chi connectivity index (χ1) is 9.65. The van der Waals surface area contributed by atoms with Gasteiger partial charge >= 0.3 is 0 Å². The van der Waals surface area contributed by atoms with Crippen LogP contribution in [-0.2, 0) is 14.8 Å². The molecule has 1 heterocycles. The number of rotatable bonds is 3. The van der Waals surface area contributed by atoms with Gasteiger partial charge in [0.25, 0.3) is 0 Å². The Hall–Kier alpha value is -1.15. The van der Waals surface area contributed by atoms with E-state index < -0.39 is 21.7 Å². The first-order valence-electron chi connectivity index (χ1n) is 6.81. The van der Waals surface area contributed by atoms with E-state index in [9.17, 15) is 13.5 Å². The summed E-state index contributed by atoms with van der Waals surface area (Å²) >= 11 is 0. The summed E-state index contributed by atoms with van der Waals surface area (Å²) in [6.07, 6.45) is -0.532.